The molecule has 2 rings (SSSR count). The summed E-state index contributed by atoms with van der Waals surface area (Å²) in [6.45, 7) is 3.99. The van der Waals surface area contributed by atoms with Crippen LogP contribution < -0.4 is 10.5 Å². The molecule has 21 heavy (non-hydrogen) atoms. The molecule has 2 N–H and O–H groups in total. The lowest BCUT2D eigenvalue weighted by Gasteiger charge is -2.39. The third kappa shape index (κ3) is 4.19. The monoisotopic (exact) mass is 292 g/mol. The fourth-order valence-corrected chi connectivity index (χ4v) is 2.54. The lowest BCUT2D eigenvalue weighted by molar-refractivity contribution is -0.141. The van der Waals surface area contributed by atoms with Gasteiger partial charge in [0.1, 0.15) is 5.75 Å². The molecule has 0 saturated carbocycles. The number of hydrogen-bond donors (Lipinski definition) is 1. The first-order chi connectivity index (χ1) is 10.1. The van der Waals surface area contributed by atoms with Gasteiger partial charge in [-0.2, -0.15) is 0 Å². The Morgan fingerprint density at radius 3 is 2.71 bits per heavy atom. The summed E-state index contributed by atoms with van der Waals surface area (Å²) in [5, 5.41) is 0. The Bertz CT molecular complexity index is 475. The summed E-state index contributed by atoms with van der Waals surface area (Å²) in [6, 6.07) is 7.49. The van der Waals surface area contributed by atoms with Gasteiger partial charge in [0, 0.05) is 26.7 Å². The summed E-state index contributed by atoms with van der Waals surface area (Å²) in [6.07, 6.45) is 1.94. The molecule has 1 atom stereocenters. The van der Waals surface area contributed by atoms with Gasteiger partial charge in [-0.3, -0.25) is 4.79 Å². The molecule has 1 amide bonds. The van der Waals surface area contributed by atoms with Gasteiger partial charge in [-0.15, -0.1) is 0 Å². The molecule has 1 heterocycles. The van der Waals surface area contributed by atoms with Gasteiger partial charge in [-0.1, -0.05) is 12.1 Å². The molecule has 1 aliphatic heterocycles. The summed E-state index contributed by atoms with van der Waals surface area (Å²) < 4.78 is 11.1. The number of carbonyl (C=O) groups is 1. The van der Waals surface area contributed by atoms with Gasteiger partial charge in [0.2, 0.25) is 0 Å². The van der Waals surface area contributed by atoms with Crippen molar-refractivity contribution in [2.45, 2.75) is 31.9 Å². The summed E-state index contributed by atoms with van der Waals surface area (Å²) >= 11 is 0. The number of rotatable bonds is 5. The van der Waals surface area contributed by atoms with E-state index in [9.17, 15) is 4.79 Å². The van der Waals surface area contributed by atoms with Gasteiger partial charge in [-0.25, -0.2) is 0 Å². The molecule has 1 fully saturated rings. The van der Waals surface area contributed by atoms with E-state index in [-0.39, 0.29) is 18.1 Å². The minimum atomic E-state index is -0.239. The molecule has 1 aromatic rings. The predicted octanol–water partition coefficient (Wildman–Crippen LogP) is 1.55. The number of methoxy groups -OCH3 is 1. The minimum absolute atomic E-state index is 0.000811. The largest absolute Gasteiger partial charge is 0.484 e. The average Bonchev–Trinajstić information content (AvgIpc) is 2.53. The van der Waals surface area contributed by atoms with E-state index in [1.165, 1.54) is 0 Å². The second-order valence-corrected chi connectivity index (χ2v) is 5.71. The van der Waals surface area contributed by atoms with Gasteiger partial charge >= 0.3 is 0 Å². The summed E-state index contributed by atoms with van der Waals surface area (Å²) in [5.41, 5.74) is 6.35. The van der Waals surface area contributed by atoms with Gasteiger partial charge < -0.3 is 20.1 Å². The Hall–Kier alpha value is -1.59. The molecular weight excluding hydrogens is 268 g/mol. The van der Waals surface area contributed by atoms with Crippen LogP contribution >= 0.6 is 0 Å². The molecule has 0 aromatic heterocycles. The highest BCUT2D eigenvalue weighted by molar-refractivity contribution is 5.78. The molecule has 1 aliphatic rings. The Kier molecular flexibility index (Phi) is 5.20. The van der Waals surface area contributed by atoms with Crippen molar-refractivity contribution in [1.82, 2.24) is 4.90 Å². The molecule has 0 spiro atoms. The van der Waals surface area contributed by atoms with Crippen LogP contribution in [0, 0.1) is 0 Å². The van der Waals surface area contributed by atoms with Gasteiger partial charge in [0.05, 0.1) is 5.60 Å². The quantitative estimate of drug-likeness (QED) is 0.894. The second-order valence-electron chi connectivity index (χ2n) is 5.71. The van der Waals surface area contributed by atoms with Crippen molar-refractivity contribution in [1.29, 1.82) is 0 Å². The topological polar surface area (TPSA) is 64.8 Å². The van der Waals surface area contributed by atoms with Gasteiger partial charge in [-0.05, 0) is 37.5 Å². The summed E-state index contributed by atoms with van der Waals surface area (Å²) in [4.78, 5) is 14.0. The molecule has 0 aliphatic carbocycles. The Morgan fingerprint density at radius 1 is 1.38 bits per heavy atom. The maximum absolute atomic E-state index is 12.2. The second kappa shape index (κ2) is 6.91. The zero-order valence-corrected chi connectivity index (χ0v) is 12.8. The van der Waals surface area contributed by atoms with Crippen molar-refractivity contribution in [3.8, 4) is 5.75 Å². The lowest BCUT2D eigenvalue weighted by Crippen LogP contribution is -2.50. The Balaban J connectivity index is 1.86. The molecule has 0 radical (unpaired) electrons. The van der Waals surface area contributed by atoms with Crippen LogP contribution in [0.1, 0.15) is 25.3 Å². The molecule has 1 aromatic carbocycles. The van der Waals surface area contributed by atoms with Crippen molar-refractivity contribution >= 4 is 5.91 Å². The number of nitrogens with zero attached hydrogens (tertiary/aromatic N) is 1. The number of likely N-dealkylation sites (tertiary alicyclic amines) is 1. The maximum atomic E-state index is 12.2. The number of amides is 1. The van der Waals surface area contributed by atoms with Crippen LogP contribution in [0.15, 0.2) is 24.3 Å². The molecule has 1 unspecified atom stereocenters. The zero-order chi connectivity index (χ0) is 15.3. The fraction of sp³-hybridized carbons (Fsp3) is 0.562. The number of benzene rings is 1. The van der Waals surface area contributed by atoms with Crippen LogP contribution in [0.25, 0.3) is 0 Å². The average molecular weight is 292 g/mol. The predicted molar refractivity (Wildman–Crippen MR) is 81.1 cm³/mol. The minimum Gasteiger partial charge on any atom is -0.484 e. The van der Waals surface area contributed by atoms with E-state index < -0.39 is 0 Å². The van der Waals surface area contributed by atoms with Gasteiger partial charge in [0.25, 0.3) is 5.91 Å². The summed E-state index contributed by atoms with van der Waals surface area (Å²) in [7, 11) is 1.70. The summed E-state index contributed by atoms with van der Waals surface area (Å²) in [5.74, 6) is 0.688. The van der Waals surface area contributed by atoms with E-state index in [0.29, 0.717) is 18.8 Å². The van der Waals surface area contributed by atoms with E-state index in [1.807, 2.05) is 36.1 Å². The first kappa shape index (κ1) is 15.8. The van der Waals surface area contributed by atoms with Crippen molar-refractivity contribution in [3.63, 3.8) is 0 Å². The zero-order valence-electron chi connectivity index (χ0n) is 12.8. The van der Waals surface area contributed by atoms with Crippen LogP contribution in [0.2, 0.25) is 0 Å². The number of nitrogens with two attached hydrogens (primary N) is 1. The third-order valence-corrected chi connectivity index (χ3v) is 4.03. The Labute approximate surface area is 126 Å². The van der Waals surface area contributed by atoms with E-state index in [1.54, 1.807) is 7.11 Å². The highest BCUT2D eigenvalue weighted by atomic mass is 16.5. The van der Waals surface area contributed by atoms with Crippen LogP contribution in [0.4, 0.5) is 0 Å². The fourth-order valence-electron chi connectivity index (χ4n) is 2.54. The molecule has 5 heteroatoms. The van der Waals surface area contributed by atoms with Crippen molar-refractivity contribution in [3.05, 3.63) is 29.8 Å². The number of ether oxygens (including phenoxy) is 2. The van der Waals surface area contributed by atoms with E-state index in [0.717, 1.165) is 24.9 Å². The van der Waals surface area contributed by atoms with Gasteiger partial charge in [0.15, 0.2) is 6.61 Å². The van der Waals surface area contributed by atoms with Crippen LogP contribution in [0.3, 0.4) is 0 Å². The van der Waals surface area contributed by atoms with Crippen LogP contribution in [0.5, 0.6) is 5.75 Å². The van der Waals surface area contributed by atoms with Crippen LogP contribution in [-0.2, 0) is 16.1 Å². The molecule has 0 bridgehead atoms. The standard InChI is InChI=1S/C16H24N2O3/c1-16(20-2)8-3-9-18(12-16)15(19)11-21-14-6-4-13(10-17)5-7-14/h4-7H,3,8-12,17H2,1-2H3. The molecule has 1 saturated heterocycles. The number of piperidine rings is 1. The molecular formula is C16H24N2O3. The van der Waals surface area contributed by atoms with E-state index >= 15 is 0 Å². The van der Waals surface area contributed by atoms with E-state index in [4.69, 9.17) is 15.2 Å². The molecule has 116 valence electrons. The highest BCUT2D eigenvalue weighted by Gasteiger charge is 2.32. The maximum Gasteiger partial charge on any atom is 0.260 e. The smallest absolute Gasteiger partial charge is 0.260 e. The van der Waals surface area contributed by atoms with Crippen molar-refractivity contribution in [2.24, 2.45) is 5.73 Å². The van der Waals surface area contributed by atoms with Crippen molar-refractivity contribution < 1.29 is 14.3 Å². The Morgan fingerprint density at radius 2 is 2.10 bits per heavy atom. The first-order valence-electron chi connectivity index (χ1n) is 7.31. The van der Waals surface area contributed by atoms with Crippen molar-refractivity contribution in [2.75, 3.05) is 26.8 Å². The first-order valence-corrected chi connectivity index (χ1v) is 7.31. The van der Waals surface area contributed by atoms with E-state index in [2.05, 4.69) is 0 Å². The lowest BCUT2D eigenvalue weighted by atomic mass is 9.95. The normalized spacial score (nSPS) is 22.1. The van der Waals surface area contributed by atoms with Crippen LogP contribution in [-0.4, -0.2) is 43.2 Å². The number of carbonyl (C=O) groups excluding carboxylic acids is 1. The molecule has 5 nitrogen and oxygen atoms in total. The SMILES string of the molecule is COC1(C)CCCN(C(=O)COc2ccc(CN)cc2)C1. The third-order valence-electron chi connectivity index (χ3n) is 4.03. The highest BCUT2D eigenvalue weighted by Crippen LogP contribution is 2.24. The number of hydrogen-bond acceptors (Lipinski definition) is 4.